The third kappa shape index (κ3) is 2.74. The van der Waals surface area contributed by atoms with Gasteiger partial charge in [0.15, 0.2) is 0 Å². The van der Waals surface area contributed by atoms with E-state index in [-0.39, 0.29) is 5.84 Å². The molecule has 16 heavy (non-hydrogen) atoms. The van der Waals surface area contributed by atoms with Crippen LogP contribution in [0.25, 0.3) is 0 Å². The Balaban J connectivity index is 2.00. The molecule has 2 rings (SSSR count). The number of nitrogen functional groups attached to an aromatic ring is 1. The van der Waals surface area contributed by atoms with E-state index in [0.717, 1.165) is 30.2 Å². The molecule has 1 atom stereocenters. The predicted molar refractivity (Wildman–Crippen MR) is 65.0 cm³/mol. The molecule has 0 aliphatic carbocycles. The molecule has 1 saturated heterocycles. The predicted octanol–water partition coefficient (Wildman–Crippen LogP) is 1.64. The van der Waals surface area contributed by atoms with Crippen molar-refractivity contribution < 1.29 is 4.74 Å². The van der Waals surface area contributed by atoms with Crippen LogP contribution < -0.4 is 5.73 Å². The minimum absolute atomic E-state index is 0.0722. The molecule has 0 aromatic carbocycles. The van der Waals surface area contributed by atoms with Crippen molar-refractivity contribution in [1.82, 2.24) is 4.98 Å². The Morgan fingerprint density at radius 1 is 1.69 bits per heavy atom. The second kappa shape index (κ2) is 5.32. The van der Waals surface area contributed by atoms with E-state index in [0.29, 0.717) is 11.7 Å². The Hall–Kier alpha value is -1.07. The van der Waals surface area contributed by atoms with Crippen molar-refractivity contribution in [2.24, 2.45) is 5.73 Å². The van der Waals surface area contributed by atoms with E-state index in [1.54, 1.807) is 24.0 Å². The number of rotatable bonds is 4. The Morgan fingerprint density at radius 2 is 2.56 bits per heavy atom. The van der Waals surface area contributed by atoms with Crippen LogP contribution in [0.15, 0.2) is 23.4 Å². The van der Waals surface area contributed by atoms with Crippen molar-refractivity contribution in [1.29, 1.82) is 5.41 Å². The van der Waals surface area contributed by atoms with Crippen LogP contribution in [0, 0.1) is 5.41 Å². The topological polar surface area (TPSA) is 72.0 Å². The van der Waals surface area contributed by atoms with E-state index in [1.807, 2.05) is 6.07 Å². The average Bonchev–Trinajstić information content (AvgIpc) is 2.79. The van der Waals surface area contributed by atoms with Gasteiger partial charge in [0.2, 0.25) is 0 Å². The van der Waals surface area contributed by atoms with Crippen molar-refractivity contribution in [3.05, 3.63) is 23.9 Å². The average molecular weight is 237 g/mol. The first-order valence-corrected chi connectivity index (χ1v) is 6.30. The highest BCUT2D eigenvalue weighted by Crippen LogP contribution is 2.24. The number of aromatic nitrogens is 1. The number of amidine groups is 1. The summed E-state index contributed by atoms with van der Waals surface area (Å²) in [5.41, 5.74) is 6.21. The Kier molecular flexibility index (Phi) is 3.79. The van der Waals surface area contributed by atoms with E-state index in [4.69, 9.17) is 15.9 Å². The van der Waals surface area contributed by atoms with E-state index in [2.05, 4.69) is 4.98 Å². The maximum atomic E-state index is 7.46. The van der Waals surface area contributed by atoms with Crippen LogP contribution in [0.5, 0.6) is 0 Å². The Morgan fingerprint density at radius 3 is 3.25 bits per heavy atom. The summed E-state index contributed by atoms with van der Waals surface area (Å²) in [4.78, 5) is 4.25. The van der Waals surface area contributed by atoms with E-state index >= 15 is 0 Å². The maximum absolute atomic E-state index is 7.46. The number of hydrogen-bond acceptors (Lipinski definition) is 4. The van der Waals surface area contributed by atoms with Gasteiger partial charge in [-0.2, -0.15) is 0 Å². The number of nitrogens with one attached hydrogen (secondary N) is 1. The molecule has 1 aromatic rings. The molecule has 0 spiro atoms. The molecule has 0 radical (unpaired) electrons. The molecule has 86 valence electrons. The normalized spacial score (nSPS) is 19.9. The van der Waals surface area contributed by atoms with Crippen molar-refractivity contribution in [3.63, 3.8) is 0 Å². The van der Waals surface area contributed by atoms with E-state index < -0.39 is 0 Å². The summed E-state index contributed by atoms with van der Waals surface area (Å²) in [5, 5.41) is 8.28. The first-order valence-electron chi connectivity index (χ1n) is 5.31. The minimum atomic E-state index is 0.0722. The van der Waals surface area contributed by atoms with Crippen molar-refractivity contribution in [2.45, 2.75) is 24.0 Å². The second-order valence-electron chi connectivity index (χ2n) is 3.72. The van der Waals surface area contributed by atoms with Crippen LogP contribution in [0.4, 0.5) is 0 Å². The lowest BCUT2D eigenvalue weighted by Crippen LogP contribution is -2.14. The molecule has 1 aliphatic rings. The molecule has 1 aromatic heterocycles. The van der Waals surface area contributed by atoms with Crippen LogP contribution in [0.2, 0.25) is 0 Å². The smallest absolute Gasteiger partial charge is 0.125 e. The van der Waals surface area contributed by atoms with Crippen LogP contribution >= 0.6 is 11.8 Å². The van der Waals surface area contributed by atoms with Gasteiger partial charge in [-0.3, -0.25) is 5.41 Å². The van der Waals surface area contributed by atoms with Crippen molar-refractivity contribution in [2.75, 3.05) is 12.4 Å². The first-order chi connectivity index (χ1) is 7.77. The summed E-state index contributed by atoms with van der Waals surface area (Å²) >= 11 is 1.62. The molecule has 4 nitrogen and oxygen atoms in total. The summed E-state index contributed by atoms with van der Waals surface area (Å²) in [7, 11) is 0. The van der Waals surface area contributed by atoms with Crippen LogP contribution in [0.3, 0.4) is 0 Å². The zero-order valence-corrected chi connectivity index (χ0v) is 9.80. The molecule has 3 N–H and O–H groups in total. The van der Waals surface area contributed by atoms with E-state index in [1.165, 1.54) is 0 Å². The lowest BCUT2D eigenvalue weighted by Gasteiger charge is -2.10. The number of thioether (sulfide) groups is 1. The quantitative estimate of drug-likeness (QED) is 0.474. The Labute approximate surface area is 99.1 Å². The van der Waals surface area contributed by atoms with Gasteiger partial charge in [-0.1, -0.05) is 0 Å². The van der Waals surface area contributed by atoms with E-state index in [9.17, 15) is 0 Å². The molecule has 1 fully saturated rings. The maximum Gasteiger partial charge on any atom is 0.125 e. The summed E-state index contributed by atoms with van der Waals surface area (Å²) in [5.74, 6) is 0.958. The third-order valence-corrected chi connectivity index (χ3v) is 3.63. The molecule has 2 heterocycles. The highest BCUT2D eigenvalue weighted by Gasteiger charge is 2.17. The number of nitrogens with zero attached hydrogens (tertiary/aromatic N) is 1. The highest BCUT2D eigenvalue weighted by atomic mass is 32.2. The summed E-state index contributed by atoms with van der Waals surface area (Å²) in [6.45, 7) is 0.868. The van der Waals surface area contributed by atoms with Gasteiger partial charge in [0, 0.05) is 24.1 Å². The molecule has 0 amide bonds. The van der Waals surface area contributed by atoms with Gasteiger partial charge in [0.05, 0.1) is 6.10 Å². The summed E-state index contributed by atoms with van der Waals surface area (Å²) in [6, 6.07) is 3.63. The number of pyridine rings is 1. The molecule has 0 saturated carbocycles. The molecule has 1 aliphatic heterocycles. The lowest BCUT2D eigenvalue weighted by atomic mass is 10.3. The number of hydrogen-bond donors (Lipinski definition) is 2. The van der Waals surface area contributed by atoms with Gasteiger partial charge in [-0.15, -0.1) is 11.8 Å². The lowest BCUT2D eigenvalue weighted by molar-refractivity contribution is 0.129. The zero-order valence-electron chi connectivity index (χ0n) is 8.98. The Bertz CT molecular complexity index is 377. The van der Waals surface area contributed by atoms with Crippen molar-refractivity contribution in [3.8, 4) is 0 Å². The summed E-state index contributed by atoms with van der Waals surface area (Å²) in [6.07, 6.45) is 4.32. The largest absolute Gasteiger partial charge is 0.384 e. The standard InChI is InChI=1S/C11H15N3OS/c12-10(13)9-4-1-5-14-11(9)16-7-8-3-2-6-15-8/h1,4-5,8H,2-3,6-7H2,(H3,12,13). The fourth-order valence-electron chi connectivity index (χ4n) is 1.66. The van der Waals surface area contributed by atoms with Gasteiger partial charge >= 0.3 is 0 Å². The minimum Gasteiger partial charge on any atom is -0.384 e. The fourth-order valence-corrected chi connectivity index (χ4v) is 2.73. The monoisotopic (exact) mass is 237 g/mol. The SMILES string of the molecule is N=C(N)c1cccnc1SCC1CCCO1. The van der Waals surface area contributed by atoms with Crippen LogP contribution in [0.1, 0.15) is 18.4 Å². The van der Waals surface area contributed by atoms with Crippen LogP contribution in [-0.2, 0) is 4.74 Å². The van der Waals surface area contributed by atoms with Gasteiger partial charge in [-0.25, -0.2) is 4.98 Å². The number of ether oxygens (including phenoxy) is 1. The van der Waals surface area contributed by atoms with Crippen LogP contribution in [-0.4, -0.2) is 29.3 Å². The highest BCUT2D eigenvalue weighted by molar-refractivity contribution is 7.99. The van der Waals surface area contributed by atoms with Gasteiger partial charge in [0.1, 0.15) is 10.9 Å². The molecular weight excluding hydrogens is 222 g/mol. The molecular formula is C11H15N3OS. The molecule has 5 heteroatoms. The molecule has 1 unspecified atom stereocenters. The number of nitrogens with two attached hydrogens (primary N) is 1. The molecule has 0 bridgehead atoms. The zero-order chi connectivity index (χ0) is 11.4. The summed E-state index contributed by atoms with van der Waals surface area (Å²) < 4.78 is 5.54. The van der Waals surface area contributed by atoms with Gasteiger partial charge in [0.25, 0.3) is 0 Å². The first kappa shape index (κ1) is 11.4. The van der Waals surface area contributed by atoms with Gasteiger partial charge < -0.3 is 10.5 Å². The van der Waals surface area contributed by atoms with Gasteiger partial charge in [-0.05, 0) is 25.0 Å². The van der Waals surface area contributed by atoms with Crippen molar-refractivity contribution >= 4 is 17.6 Å². The third-order valence-electron chi connectivity index (χ3n) is 2.49. The second-order valence-corrected chi connectivity index (χ2v) is 4.72. The fraction of sp³-hybridized carbons (Fsp3) is 0.455.